The first-order chi connectivity index (χ1) is 8.58. The van der Waals surface area contributed by atoms with Gasteiger partial charge in [0.05, 0.1) is 6.07 Å². The van der Waals surface area contributed by atoms with Gasteiger partial charge in [-0.05, 0) is 25.7 Å². The number of hydrogen-bond donors (Lipinski definition) is 1. The second-order valence-corrected chi connectivity index (χ2v) is 4.87. The van der Waals surface area contributed by atoms with Crippen LogP contribution in [-0.2, 0) is 9.59 Å². The van der Waals surface area contributed by atoms with E-state index in [0.717, 1.165) is 31.8 Å². The molecule has 0 saturated carbocycles. The number of rotatable bonds is 5. The molecule has 0 spiro atoms. The second kappa shape index (κ2) is 7.12. The molecule has 0 aromatic rings. The third-order valence-electron chi connectivity index (χ3n) is 3.38. The Hall–Kier alpha value is -1.41. The van der Waals surface area contributed by atoms with Crippen LogP contribution in [0.25, 0.3) is 0 Å². The molecule has 1 rings (SSSR count). The van der Waals surface area contributed by atoms with Gasteiger partial charge in [0.2, 0.25) is 0 Å². The lowest BCUT2D eigenvalue weighted by Crippen LogP contribution is -2.49. The van der Waals surface area contributed by atoms with Crippen LogP contribution in [-0.4, -0.2) is 29.8 Å². The Kier molecular flexibility index (Phi) is 5.79. The molecule has 1 saturated heterocycles. The molecular formula is C13H21N3O2. The van der Waals surface area contributed by atoms with Crippen LogP contribution in [0.3, 0.4) is 0 Å². The van der Waals surface area contributed by atoms with Crippen molar-refractivity contribution in [1.29, 1.82) is 5.26 Å². The molecule has 100 valence electrons. The van der Waals surface area contributed by atoms with Crippen LogP contribution in [0.5, 0.6) is 0 Å². The van der Waals surface area contributed by atoms with Gasteiger partial charge in [0, 0.05) is 13.1 Å². The van der Waals surface area contributed by atoms with Crippen molar-refractivity contribution in [2.24, 2.45) is 11.8 Å². The van der Waals surface area contributed by atoms with Crippen molar-refractivity contribution in [3.05, 3.63) is 0 Å². The summed E-state index contributed by atoms with van der Waals surface area (Å²) in [5.41, 5.74) is 2.66. The number of nitrogens with zero attached hydrogens (tertiary/aromatic N) is 2. The Bertz CT molecular complexity index is 341. The van der Waals surface area contributed by atoms with Crippen LogP contribution in [0, 0.1) is 23.2 Å². The molecule has 0 aromatic carbocycles. The normalized spacial score (nSPS) is 18.9. The first kappa shape index (κ1) is 14.7. The van der Waals surface area contributed by atoms with Crippen molar-refractivity contribution in [3.63, 3.8) is 0 Å². The number of ketones is 1. The number of piperidine rings is 1. The van der Waals surface area contributed by atoms with Crippen molar-refractivity contribution >= 4 is 11.7 Å². The smallest absolute Gasteiger partial charge is 0.259 e. The lowest BCUT2D eigenvalue weighted by molar-refractivity contribution is -0.134. The zero-order valence-corrected chi connectivity index (χ0v) is 11.1. The fourth-order valence-electron chi connectivity index (χ4n) is 2.30. The average Bonchev–Trinajstić information content (AvgIpc) is 2.32. The predicted octanol–water partition coefficient (Wildman–Crippen LogP) is 1.26. The quantitative estimate of drug-likeness (QED) is 0.746. The summed E-state index contributed by atoms with van der Waals surface area (Å²) in [5.74, 6) is -1.35. The third kappa shape index (κ3) is 4.11. The highest BCUT2D eigenvalue weighted by atomic mass is 16.2. The number of carbonyl (C=O) groups is 2. The lowest BCUT2D eigenvalue weighted by Gasteiger charge is -2.32. The van der Waals surface area contributed by atoms with E-state index in [9.17, 15) is 9.59 Å². The fraction of sp³-hybridized carbons (Fsp3) is 0.769. The Morgan fingerprint density at radius 1 is 1.44 bits per heavy atom. The van der Waals surface area contributed by atoms with Gasteiger partial charge in [0.1, 0.15) is 0 Å². The number of nitrogens with one attached hydrogen (secondary N) is 1. The monoisotopic (exact) mass is 251 g/mol. The van der Waals surface area contributed by atoms with Gasteiger partial charge in [0.15, 0.2) is 11.7 Å². The van der Waals surface area contributed by atoms with Crippen LogP contribution in [0.1, 0.15) is 39.5 Å². The second-order valence-electron chi connectivity index (χ2n) is 4.87. The zero-order valence-electron chi connectivity index (χ0n) is 11.1. The number of carbonyl (C=O) groups excluding carboxylic acids is 2. The Labute approximate surface area is 108 Å². The highest BCUT2D eigenvalue weighted by Gasteiger charge is 2.26. The summed E-state index contributed by atoms with van der Waals surface area (Å²) in [6, 6.07) is 1.73. The maximum absolute atomic E-state index is 11.7. The molecule has 0 radical (unpaired) electrons. The first-order valence-electron chi connectivity index (χ1n) is 6.54. The highest BCUT2D eigenvalue weighted by Crippen LogP contribution is 2.20. The summed E-state index contributed by atoms with van der Waals surface area (Å²) < 4.78 is 0. The number of Topliss-reactive ketones (excluding diaryl/α,β-unsaturated/α-hetero) is 1. The van der Waals surface area contributed by atoms with E-state index in [1.54, 1.807) is 6.07 Å². The Balaban J connectivity index is 2.39. The van der Waals surface area contributed by atoms with E-state index in [4.69, 9.17) is 5.26 Å². The average molecular weight is 251 g/mol. The summed E-state index contributed by atoms with van der Waals surface area (Å²) in [6.07, 6.45) is 4.55. The molecule has 0 bridgehead atoms. The topological polar surface area (TPSA) is 73.2 Å². The fourth-order valence-corrected chi connectivity index (χ4v) is 2.30. The predicted molar refractivity (Wildman–Crippen MR) is 67.1 cm³/mol. The molecule has 1 amide bonds. The molecule has 5 nitrogen and oxygen atoms in total. The van der Waals surface area contributed by atoms with Crippen LogP contribution in [0.2, 0.25) is 0 Å². The molecule has 0 aliphatic carbocycles. The molecule has 5 heteroatoms. The van der Waals surface area contributed by atoms with Crippen LogP contribution in [0.4, 0.5) is 0 Å². The lowest BCUT2D eigenvalue weighted by atomic mass is 9.93. The van der Waals surface area contributed by atoms with Gasteiger partial charge in [-0.1, -0.05) is 19.8 Å². The molecule has 0 aromatic heterocycles. The molecule has 1 aliphatic heterocycles. The van der Waals surface area contributed by atoms with Crippen LogP contribution in [0.15, 0.2) is 0 Å². The van der Waals surface area contributed by atoms with Gasteiger partial charge < -0.3 is 0 Å². The standard InChI is InChI=1S/C13H21N3O2/c1-3-4-11-5-7-16(8-6-11)15-13(18)12(9-14)10(2)17/h11-12H,3-8H2,1-2H3,(H,15,18). The van der Waals surface area contributed by atoms with Gasteiger partial charge in [-0.2, -0.15) is 5.26 Å². The van der Waals surface area contributed by atoms with Gasteiger partial charge in [-0.25, -0.2) is 5.01 Å². The minimum absolute atomic E-state index is 0.407. The first-order valence-corrected chi connectivity index (χ1v) is 6.54. The number of amides is 1. The van der Waals surface area contributed by atoms with Crippen molar-refractivity contribution in [1.82, 2.24) is 10.4 Å². The van der Waals surface area contributed by atoms with Crippen LogP contribution < -0.4 is 5.43 Å². The van der Waals surface area contributed by atoms with Gasteiger partial charge in [-0.15, -0.1) is 0 Å². The zero-order chi connectivity index (χ0) is 13.5. The molecule has 1 N–H and O–H groups in total. The maximum atomic E-state index is 11.7. The maximum Gasteiger partial charge on any atom is 0.259 e. The Morgan fingerprint density at radius 2 is 2.06 bits per heavy atom. The van der Waals surface area contributed by atoms with E-state index in [2.05, 4.69) is 12.3 Å². The van der Waals surface area contributed by atoms with Gasteiger partial charge in [-0.3, -0.25) is 15.0 Å². The van der Waals surface area contributed by atoms with Crippen molar-refractivity contribution < 1.29 is 9.59 Å². The van der Waals surface area contributed by atoms with E-state index in [0.29, 0.717) is 0 Å². The van der Waals surface area contributed by atoms with Gasteiger partial charge >= 0.3 is 0 Å². The van der Waals surface area contributed by atoms with E-state index in [1.807, 2.05) is 5.01 Å². The summed E-state index contributed by atoms with van der Waals surface area (Å²) in [4.78, 5) is 22.8. The van der Waals surface area contributed by atoms with Crippen molar-refractivity contribution in [2.45, 2.75) is 39.5 Å². The van der Waals surface area contributed by atoms with E-state index >= 15 is 0 Å². The molecular weight excluding hydrogens is 230 g/mol. The van der Waals surface area contributed by atoms with E-state index < -0.39 is 17.6 Å². The Morgan fingerprint density at radius 3 is 2.50 bits per heavy atom. The molecule has 1 atom stereocenters. The van der Waals surface area contributed by atoms with E-state index in [1.165, 1.54) is 19.8 Å². The number of hydrogen-bond acceptors (Lipinski definition) is 4. The minimum Gasteiger partial charge on any atom is -0.298 e. The number of hydrazine groups is 1. The van der Waals surface area contributed by atoms with Gasteiger partial charge in [0.25, 0.3) is 5.91 Å². The summed E-state index contributed by atoms with van der Waals surface area (Å²) >= 11 is 0. The van der Waals surface area contributed by atoms with E-state index in [-0.39, 0.29) is 0 Å². The van der Waals surface area contributed by atoms with Crippen molar-refractivity contribution in [2.75, 3.05) is 13.1 Å². The third-order valence-corrected chi connectivity index (χ3v) is 3.38. The highest BCUT2D eigenvalue weighted by molar-refractivity contribution is 6.02. The molecule has 18 heavy (non-hydrogen) atoms. The summed E-state index contributed by atoms with van der Waals surface area (Å²) in [7, 11) is 0. The van der Waals surface area contributed by atoms with Crippen molar-refractivity contribution in [3.8, 4) is 6.07 Å². The molecule has 1 fully saturated rings. The molecule has 1 unspecified atom stereocenters. The van der Waals surface area contributed by atoms with Crippen LogP contribution >= 0.6 is 0 Å². The number of nitriles is 1. The summed E-state index contributed by atoms with van der Waals surface area (Å²) in [5, 5.41) is 10.6. The molecule has 1 aliphatic rings. The molecule has 1 heterocycles. The summed E-state index contributed by atoms with van der Waals surface area (Å²) in [6.45, 7) is 5.04. The largest absolute Gasteiger partial charge is 0.298 e. The minimum atomic E-state index is -1.18. The SMILES string of the molecule is CCCC1CCN(NC(=O)C(C#N)C(C)=O)CC1.